The Bertz CT molecular complexity index is 379. The molecule has 0 aliphatic heterocycles. The number of methoxy groups -OCH3 is 1. The number of halogens is 1. The van der Waals surface area contributed by atoms with Gasteiger partial charge in [-0.25, -0.2) is 4.39 Å². The number of ketones is 1. The first-order valence-corrected chi connectivity index (χ1v) is 5.23. The van der Waals surface area contributed by atoms with Gasteiger partial charge in [0, 0.05) is 0 Å². The van der Waals surface area contributed by atoms with Crippen LogP contribution in [0.4, 0.5) is 4.39 Å². The molecule has 0 fully saturated rings. The molecular weight excluding hydrogens is 209 g/mol. The van der Waals surface area contributed by atoms with E-state index in [0.717, 1.165) is 12.5 Å². The van der Waals surface area contributed by atoms with Crippen molar-refractivity contribution in [1.82, 2.24) is 0 Å². The molecule has 0 radical (unpaired) electrons. The molecule has 0 aromatic heterocycles. The van der Waals surface area contributed by atoms with Gasteiger partial charge in [-0.15, -0.1) is 0 Å². The second kappa shape index (κ2) is 5.61. The summed E-state index contributed by atoms with van der Waals surface area (Å²) < 4.78 is 18.1. The molecule has 0 aliphatic carbocycles. The van der Waals surface area contributed by atoms with Crippen molar-refractivity contribution in [3.8, 4) is 5.75 Å². The van der Waals surface area contributed by atoms with Crippen molar-refractivity contribution < 1.29 is 13.9 Å². The van der Waals surface area contributed by atoms with E-state index in [1.54, 1.807) is 0 Å². The summed E-state index contributed by atoms with van der Waals surface area (Å²) in [5, 5.41) is 0. The molecule has 0 saturated carbocycles. The molecule has 2 N–H and O–H groups in total. The van der Waals surface area contributed by atoms with Crippen molar-refractivity contribution in [1.29, 1.82) is 0 Å². The molecule has 3 nitrogen and oxygen atoms in total. The Hall–Kier alpha value is -1.42. The zero-order valence-corrected chi connectivity index (χ0v) is 9.50. The molecule has 1 unspecified atom stereocenters. The van der Waals surface area contributed by atoms with Crippen LogP contribution in [0.1, 0.15) is 30.1 Å². The first kappa shape index (κ1) is 12.6. The first-order chi connectivity index (χ1) is 7.60. The van der Waals surface area contributed by atoms with Gasteiger partial charge in [0.2, 0.25) is 0 Å². The monoisotopic (exact) mass is 225 g/mol. The number of hydrogen-bond donors (Lipinski definition) is 1. The quantitative estimate of drug-likeness (QED) is 0.781. The highest BCUT2D eigenvalue weighted by atomic mass is 19.1. The molecule has 88 valence electrons. The molecule has 1 aromatic rings. The first-order valence-electron chi connectivity index (χ1n) is 5.23. The van der Waals surface area contributed by atoms with Crippen molar-refractivity contribution in [2.24, 2.45) is 5.73 Å². The molecular formula is C12H16FNO2. The van der Waals surface area contributed by atoms with Crippen LogP contribution in [0.2, 0.25) is 0 Å². The van der Waals surface area contributed by atoms with Gasteiger partial charge < -0.3 is 10.5 Å². The van der Waals surface area contributed by atoms with Gasteiger partial charge in [0.05, 0.1) is 18.7 Å². The number of benzene rings is 1. The van der Waals surface area contributed by atoms with Gasteiger partial charge in [0.1, 0.15) is 11.6 Å². The summed E-state index contributed by atoms with van der Waals surface area (Å²) in [6, 6.07) is 3.25. The number of ether oxygens (including phenoxy) is 1. The molecule has 0 bridgehead atoms. The molecule has 0 heterocycles. The SMILES string of the molecule is CCCC(N)C(=O)c1cc(F)ccc1OC. The summed E-state index contributed by atoms with van der Waals surface area (Å²) in [7, 11) is 1.44. The average Bonchev–Trinajstić information content (AvgIpc) is 2.28. The Morgan fingerprint density at radius 2 is 2.25 bits per heavy atom. The van der Waals surface area contributed by atoms with Gasteiger partial charge in [-0.3, -0.25) is 4.79 Å². The van der Waals surface area contributed by atoms with Crippen LogP contribution < -0.4 is 10.5 Å². The van der Waals surface area contributed by atoms with Gasteiger partial charge in [0.15, 0.2) is 5.78 Å². The molecule has 1 atom stereocenters. The van der Waals surface area contributed by atoms with E-state index in [1.165, 1.54) is 19.2 Å². The lowest BCUT2D eigenvalue weighted by molar-refractivity contribution is 0.0953. The summed E-state index contributed by atoms with van der Waals surface area (Å²) in [4.78, 5) is 11.9. The van der Waals surface area contributed by atoms with E-state index in [2.05, 4.69) is 0 Å². The second-order valence-corrected chi connectivity index (χ2v) is 3.60. The summed E-state index contributed by atoms with van der Waals surface area (Å²) >= 11 is 0. The van der Waals surface area contributed by atoms with Gasteiger partial charge in [-0.2, -0.15) is 0 Å². The molecule has 16 heavy (non-hydrogen) atoms. The highest BCUT2D eigenvalue weighted by molar-refractivity contribution is 6.02. The minimum Gasteiger partial charge on any atom is -0.496 e. The van der Waals surface area contributed by atoms with E-state index in [-0.39, 0.29) is 11.3 Å². The topological polar surface area (TPSA) is 52.3 Å². The van der Waals surface area contributed by atoms with Crippen molar-refractivity contribution in [3.05, 3.63) is 29.6 Å². The third-order valence-corrected chi connectivity index (χ3v) is 2.36. The molecule has 4 heteroatoms. The van der Waals surface area contributed by atoms with Crippen LogP contribution >= 0.6 is 0 Å². The highest BCUT2D eigenvalue weighted by Crippen LogP contribution is 2.21. The van der Waals surface area contributed by atoms with E-state index in [4.69, 9.17) is 10.5 Å². The van der Waals surface area contributed by atoms with E-state index < -0.39 is 11.9 Å². The van der Waals surface area contributed by atoms with E-state index in [9.17, 15) is 9.18 Å². The number of hydrogen-bond acceptors (Lipinski definition) is 3. The molecule has 1 aromatic carbocycles. The lowest BCUT2D eigenvalue weighted by Crippen LogP contribution is -2.30. The van der Waals surface area contributed by atoms with Crippen molar-refractivity contribution in [2.45, 2.75) is 25.8 Å². The summed E-state index contributed by atoms with van der Waals surface area (Å²) in [6.07, 6.45) is 1.39. The maximum absolute atomic E-state index is 13.0. The van der Waals surface area contributed by atoms with Crippen molar-refractivity contribution in [3.63, 3.8) is 0 Å². The lowest BCUT2D eigenvalue weighted by atomic mass is 10.0. The van der Waals surface area contributed by atoms with Crippen LogP contribution in [0.3, 0.4) is 0 Å². The summed E-state index contributed by atoms with van der Waals surface area (Å²) in [5.41, 5.74) is 5.92. The number of nitrogens with two attached hydrogens (primary N) is 1. The number of rotatable bonds is 5. The Morgan fingerprint density at radius 3 is 2.81 bits per heavy atom. The molecule has 0 saturated heterocycles. The third-order valence-electron chi connectivity index (χ3n) is 2.36. The Balaban J connectivity index is 3.01. The minimum atomic E-state index is -0.597. The van der Waals surface area contributed by atoms with Crippen LogP contribution in [0.15, 0.2) is 18.2 Å². The molecule has 1 rings (SSSR count). The fourth-order valence-electron chi connectivity index (χ4n) is 1.51. The van der Waals surface area contributed by atoms with E-state index in [0.29, 0.717) is 12.2 Å². The normalized spacial score (nSPS) is 12.2. The number of carbonyl (C=O) groups is 1. The molecule has 0 spiro atoms. The third kappa shape index (κ3) is 2.79. The van der Waals surface area contributed by atoms with Crippen LogP contribution in [0.25, 0.3) is 0 Å². The Labute approximate surface area is 94.4 Å². The van der Waals surface area contributed by atoms with Gasteiger partial charge in [0.25, 0.3) is 0 Å². The predicted octanol–water partition coefficient (Wildman–Crippen LogP) is 2.14. The predicted molar refractivity (Wildman–Crippen MR) is 60.2 cm³/mol. The maximum atomic E-state index is 13.0. The second-order valence-electron chi connectivity index (χ2n) is 3.60. The Kier molecular flexibility index (Phi) is 4.43. The smallest absolute Gasteiger partial charge is 0.183 e. The van der Waals surface area contributed by atoms with Crippen LogP contribution in [-0.4, -0.2) is 18.9 Å². The highest BCUT2D eigenvalue weighted by Gasteiger charge is 2.19. The van der Waals surface area contributed by atoms with Crippen LogP contribution in [-0.2, 0) is 0 Å². The maximum Gasteiger partial charge on any atom is 0.183 e. The van der Waals surface area contributed by atoms with Crippen LogP contribution in [0, 0.1) is 5.82 Å². The molecule has 0 aliphatic rings. The zero-order chi connectivity index (χ0) is 12.1. The number of carbonyl (C=O) groups excluding carboxylic acids is 1. The van der Waals surface area contributed by atoms with Crippen molar-refractivity contribution >= 4 is 5.78 Å². The Morgan fingerprint density at radius 1 is 1.56 bits per heavy atom. The van der Waals surface area contributed by atoms with Gasteiger partial charge >= 0.3 is 0 Å². The molecule has 0 amide bonds. The van der Waals surface area contributed by atoms with E-state index in [1.807, 2.05) is 6.92 Å². The fraction of sp³-hybridized carbons (Fsp3) is 0.417. The van der Waals surface area contributed by atoms with Crippen molar-refractivity contribution in [2.75, 3.05) is 7.11 Å². The minimum absolute atomic E-state index is 0.212. The number of Topliss-reactive ketones (excluding diaryl/α,β-unsaturated/α-hetero) is 1. The lowest BCUT2D eigenvalue weighted by Gasteiger charge is -2.12. The van der Waals surface area contributed by atoms with Gasteiger partial charge in [-0.05, 0) is 24.6 Å². The van der Waals surface area contributed by atoms with Crippen LogP contribution in [0.5, 0.6) is 5.75 Å². The standard InChI is InChI=1S/C12H16FNO2/c1-3-4-10(14)12(15)9-7-8(13)5-6-11(9)16-2/h5-7,10H,3-4,14H2,1-2H3. The summed E-state index contributed by atoms with van der Waals surface area (Å²) in [6.45, 7) is 1.94. The van der Waals surface area contributed by atoms with Gasteiger partial charge in [-0.1, -0.05) is 13.3 Å². The average molecular weight is 225 g/mol. The largest absolute Gasteiger partial charge is 0.496 e. The van der Waals surface area contributed by atoms with E-state index >= 15 is 0 Å². The zero-order valence-electron chi connectivity index (χ0n) is 9.50. The fourth-order valence-corrected chi connectivity index (χ4v) is 1.51. The summed E-state index contributed by atoms with van der Waals surface area (Å²) in [5.74, 6) is -0.385.